The van der Waals surface area contributed by atoms with E-state index in [9.17, 15) is 14.9 Å². The lowest BCUT2D eigenvalue weighted by molar-refractivity contribution is -0.114. The zero-order chi connectivity index (χ0) is 17.9. The molecule has 0 spiro atoms. The second-order valence-electron chi connectivity index (χ2n) is 4.85. The lowest BCUT2D eigenvalue weighted by atomic mass is 10.2. The van der Waals surface area contributed by atoms with Crippen molar-refractivity contribution in [3.8, 4) is 17.5 Å². The van der Waals surface area contributed by atoms with Crippen molar-refractivity contribution >= 4 is 23.3 Å². The first-order valence-electron chi connectivity index (χ1n) is 6.88. The maximum atomic E-state index is 12.1. The SMILES string of the molecule is COC(=O)c1c(N)c(C#N)cn1-c1cc(NC(C)=O)ccc1OC. The Morgan fingerprint density at radius 2 is 2.04 bits per heavy atom. The van der Waals surface area contributed by atoms with Crippen LogP contribution >= 0.6 is 0 Å². The minimum atomic E-state index is -0.694. The first-order chi connectivity index (χ1) is 11.4. The minimum absolute atomic E-state index is 0.00678. The van der Waals surface area contributed by atoms with Gasteiger partial charge >= 0.3 is 5.97 Å². The second kappa shape index (κ2) is 6.75. The molecule has 0 aliphatic carbocycles. The van der Waals surface area contributed by atoms with E-state index in [4.69, 9.17) is 15.2 Å². The van der Waals surface area contributed by atoms with E-state index in [1.165, 1.54) is 31.9 Å². The summed E-state index contributed by atoms with van der Waals surface area (Å²) in [5, 5.41) is 11.8. The molecule has 0 atom stereocenters. The third-order valence-corrected chi connectivity index (χ3v) is 3.30. The van der Waals surface area contributed by atoms with Crippen molar-refractivity contribution in [3.63, 3.8) is 0 Å². The lowest BCUT2D eigenvalue weighted by Gasteiger charge is -2.14. The molecule has 0 bridgehead atoms. The molecule has 0 saturated carbocycles. The van der Waals surface area contributed by atoms with E-state index >= 15 is 0 Å². The fraction of sp³-hybridized carbons (Fsp3) is 0.188. The van der Waals surface area contributed by atoms with Gasteiger partial charge in [-0.3, -0.25) is 4.79 Å². The molecule has 0 aliphatic heterocycles. The molecule has 0 fully saturated rings. The van der Waals surface area contributed by atoms with Gasteiger partial charge in [-0.2, -0.15) is 5.26 Å². The molecule has 3 N–H and O–H groups in total. The van der Waals surface area contributed by atoms with E-state index in [1.54, 1.807) is 18.2 Å². The molecule has 8 heteroatoms. The zero-order valence-corrected chi connectivity index (χ0v) is 13.4. The van der Waals surface area contributed by atoms with Crippen LogP contribution in [0, 0.1) is 11.3 Å². The minimum Gasteiger partial charge on any atom is -0.495 e. The third-order valence-electron chi connectivity index (χ3n) is 3.30. The van der Waals surface area contributed by atoms with E-state index in [-0.39, 0.29) is 22.9 Å². The number of hydrogen-bond acceptors (Lipinski definition) is 6. The van der Waals surface area contributed by atoms with Crippen LogP contribution in [0.1, 0.15) is 23.0 Å². The Hall–Kier alpha value is -3.47. The predicted molar refractivity (Wildman–Crippen MR) is 87.1 cm³/mol. The number of hydrogen-bond donors (Lipinski definition) is 2. The molecule has 8 nitrogen and oxygen atoms in total. The number of carbonyl (C=O) groups is 2. The van der Waals surface area contributed by atoms with Crippen LogP contribution in [0.2, 0.25) is 0 Å². The average molecular weight is 328 g/mol. The Morgan fingerprint density at radius 3 is 2.58 bits per heavy atom. The molecule has 2 aromatic rings. The number of methoxy groups -OCH3 is 2. The Bertz CT molecular complexity index is 848. The number of ether oxygens (including phenoxy) is 2. The van der Waals surface area contributed by atoms with Gasteiger partial charge in [0.05, 0.1) is 31.2 Å². The predicted octanol–water partition coefficient (Wildman–Crippen LogP) is 1.68. The Kier molecular flexibility index (Phi) is 4.75. The van der Waals surface area contributed by atoms with Crippen LogP contribution in [0.3, 0.4) is 0 Å². The molecule has 1 aromatic heterocycles. The Morgan fingerprint density at radius 1 is 1.33 bits per heavy atom. The summed E-state index contributed by atoms with van der Waals surface area (Å²) in [5.74, 6) is -0.515. The van der Waals surface area contributed by atoms with Crippen LogP contribution in [0.5, 0.6) is 5.75 Å². The molecular formula is C16H16N4O4. The highest BCUT2D eigenvalue weighted by atomic mass is 16.5. The van der Waals surface area contributed by atoms with E-state index in [0.717, 1.165) is 0 Å². The van der Waals surface area contributed by atoms with Gasteiger partial charge < -0.3 is 25.1 Å². The number of rotatable bonds is 4. The molecule has 124 valence electrons. The summed E-state index contributed by atoms with van der Waals surface area (Å²) in [5.41, 5.74) is 6.96. The van der Waals surface area contributed by atoms with Crippen LogP contribution in [0.15, 0.2) is 24.4 Å². The molecule has 0 radical (unpaired) electrons. The van der Waals surface area contributed by atoms with Crippen LogP contribution in [-0.4, -0.2) is 30.7 Å². The number of amides is 1. The van der Waals surface area contributed by atoms with Crippen molar-refractivity contribution in [2.75, 3.05) is 25.3 Å². The van der Waals surface area contributed by atoms with Gasteiger partial charge in [-0.1, -0.05) is 0 Å². The highest BCUT2D eigenvalue weighted by Crippen LogP contribution is 2.32. The molecule has 24 heavy (non-hydrogen) atoms. The van der Waals surface area contributed by atoms with Gasteiger partial charge in [-0.25, -0.2) is 4.79 Å². The van der Waals surface area contributed by atoms with E-state index in [1.807, 2.05) is 6.07 Å². The topological polar surface area (TPSA) is 119 Å². The van der Waals surface area contributed by atoms with Gasteiger partial charge in [-0.15, -0.1) is 0 Å². The average Bonchev–Trinajstić information content (AvgIpc) is 2.90. The smallest absolute Gasteiger partial charge is 0.357 e. The van der Waals surface area contributed by atoms with E-state index < -0.39 is 5.97 Å². The van der Waals surface area contributed by atoms with Crippen LogP contribution < -0.4 is 15.8 Å². The fourth-order valence-electron chi connectivity index (χ4n) is 2.26. The number of aromatic nitrogens is 1. The Balaban J connectivity index is 2.73. The maximum absolute atomic E-state index is 12.1. The summed E-state index contributed by atoms with van der Waals surface area (Å²) in [6.07, 6.45) is 1.41. The summed E-state index contributed by atoms with van der Waals surface area (Å²) in [7, 11) is 2.68. The normalized spacial score (nSPS) is 9.92. The number of carbonyl (C=O) groups excluding carboxylic acids is 2. The number of nitrogen functional groups attached to an aromatic ring is 1. The summed E-state index contributed by atoms with van der Waals surface area (Å²) in [6, 6.07) is 6.81. The number of anilines is 2. The van der Waals surface area contributed by atoms with E-state index in [0.29, 0.717) is 17.1 Å². The summed E-state index contributed by atoms with van der Waals surface area (Å²) in [6.45, 7) is 1.38. The summed E-state index contributed by atoms with van der Waals surface area (Å²) in [4.78, 5) is 23.3. The quantitative estimate of drug-likeness (QED) is 0.824. The Labute approximate surface area is 138 Å². The van der Waals surface area contributed by atoms with Crippen molar-refractivity contribution < 1.29 is 19.1 Å². The molecule has 0 aliphatic rings. The highest BCUT2D eigenvalue weighted by Gasteiger charge is 2.23. The number of nitriles is 1. The number of benzene rings is 1. The molecule has 2 rings (SSSR count). The van der Waals surface area contributed by atoms with Gasteiger partial charge in [0.1, 0.15) is 11.8 Å². The van der Waals surface area contributed by atoms with Crippen LogP contribution in [0.4, 0.5) is 11.4 Å². The maximum Gasteiger partial charge on any atom is 0.357 e. The van der Waals surface area contributed by atoms with Gasteiger partial charge in [0.25, 0.3) is 0 Å². The van der Waals surface area contributed by atoms with Crippen LogP contribution in [-0.2, 0) is 9.53 Å². The standard InChI is InChI=1S/C16H16N4O4/c1-9(21)19-11-4-5-13(23-2)12(6-11)20-8-10(7-17)14(18)15(20)16(22)24-3/h4-6,8H,18H2,1-3H3,(H,19,21). The third kappa shape index (κ3) is 3.01. The first-order valence-corrected chi connectivity index (χ1v) is 6.88. The van der Waals surface area contributed by atoms with Crippen molar-refractivity contribution in [1.82, 2.24) is 4.57 Å². The van der Waals surface area contributed by atoms with Crippen molar-refractivity contribution in [2.24, 2.45) is 0 Å². The number of nitrogens with one attached hydrogen (secondary N) is 1. The van der Waals surface area contributed by atoms with E-state index in [2.05, 4.69) is 5.32 Å². The first kappa shape index (κ1) is 16.9. The van der Waals surface area contributed by atoms with Crippen molar-refractivity contribution in [1.29, 1.82) is 5.26 Å². The molecule has 0 saturated heterocycles. The highest BCUT2D eigenvalue weighted by molar-refractivity contribution is 5.96. The monoisotopic (exact) mass is 328 g/mol. The molecule has 1 heterocycles. The zero-order valence-electron chi connectivity index (χ0n) is 13.4. The van der Waals surface area contributed by atoms with Crippen molar-refractivity contribution in [3.05, 3.63) is 35.7 Å². The number of esters is 1. The summed E-state index contributed by atoms with van der Waals surface area (Å²) < 4.78 is 11.5. The van der Waals surface area contributed by atoms with Gasteiger partial charge in [0.15, 0.2) is 5.69 Å². The number of nitrogens with two attached hydrogens (primary N) is 1. The second-order valence-corrected chi connectivity index (χ2v) is 4.85. The van der Waals surface area contributed by atoms with Gasteiger partial charge in [0, 0.05) is 18.8 Å². The fourth-order valence-corrected chi connectivity index (χ4v) is 2.26. The molecule has 0 unspecified atom stereocenters. The lowest BCUT2D eigenvalue weighted by Crippen LogP contribution is -2.12. The largest absolute Gasteiger partial charge is 0.495 e. The molecule has 1 amide bonds. The van der Waals surface area contributed by atoms with Gasteiger partial charge in [-0.05, 0) is 18.2 Å². The van der Waals surface area contributed by atoms with Crippen molar-refractivity contribution in [2.45, 2.75) is 6.92 Å². The van der Waals surface area contributed by atoms with Gasteiger partial charge in [0.2, 0.25) is 5.91 Å². The summed E-state index contributed by atoms with van der Waals surface area (Å²) >= 11 is 0. The molecule has 1 aromatic carbocycles. The van der Waals surface area contributed by atoms with Crippen LogP contribution in [0.25, 0.3) is 5.69 Å². The molecular weight excluding hydrogens is 312 g/mol. The number of nitrogens with zero attached hydrogens (tertiary/aromatic N) is 2.